The highest BCUT2D eigenvalue weighted by Gasteiger charge is 2.13. The van der Waals surface area contributed by atoms with Gasteiger partial charge >= 0.3 is 0 Å². The summed E-state index contributed by atoms with van der Waals surface area (Å²) in [7, 11) is 0. The van der Waals surface area contributed by atoms with E-state index in [4.69, 9.17) is 0 Å². The molecular formula is C17H10F4N4O. The van der Waals surface area contributed by atoms with Crippen LogP contribution >= 0.6 is 0 Å². The molecule has 1 amide bonds. The second kappa shape index (κ2) is 7.18. The van der Waals surface area contributed by atoms with Crippen LogP contribution in [-0.4, -0.2) is 15.9 Å². The molecule has 1 heterocycles. The fraction of sp³-hybridized carbons (Fsp3) is 0. The molecule has 0 radical (unpaired) electrons. The summed E-state index contributed by atoms with van der Waals surface area (Å²) in [6.45, 7) is 0. The van der Waals surface area contributed by atoms with Crippen LogP contribution in [0, 0.1) is 23.3 Å². The highest BCUT2D eigenvalue weighted by Crippen LogP contribution is 2.20. The molecule has 0 atom stereocenters. The summed E-state index contributed by atoms with van der Waals surface area (Å²) in [5.41, 5.74) is -0.427. The molecule has 3 aromatic rings. The minimum absolute atomic E-state index is 0.0546. The lowest BCUT2D eigenvalue weighted by Crippen LogP contribution is -2.15. The first kappa shape index (κ1) is 17.3. The van der Waals surface area contributed by atoms with Gasteiger partial charge in [-0.3, -0.25) is 4.79 Å². The molecule has 0 aliphatic rings. The third-order valence-corrected chi connectivity index (χ3v) is 3.27. The van der Waals surface area contributed by atoms with Crippen LogP contribution in [-0.2, 0) is 0 Å². The fourth-order valence-corrected chi connectivity index (χ4v) is 2.06. The van der Waals surface area contributed by atoms with E-state index in [2.05, 4.69) is 20.6 Å². The molecule has 2 aromatic carbocycles. The molecule has 1 aromatic heterocycles. The van der Waals surface area contributed by atoms with Crippen molar-refractivity contribution in [1.82, 2.24) is 9.97 Å². The third kappa shape index (κ3) is 3.94. The van der Waals surface area contributed by atoms with Crippen molar-refractivity contribution in [2.45, 2.75) is 0 Å². The van der Waals surface area contributed by atoms with Crippen molar-refractivity contribution < 1.29 is 22.4 Å². The lowest BCUT2D eigenvalue weighted by atomic mass is 10.2. The molecular weight excluding hydrogens is 352 g/mol. The molecule has 0 spiro atoms. The maximum Gasteiger partial charge on any atom is 0.274 e. The van der Waals surface area contributed by atoms with E-state index >= 15 is 0 Å². The van der Waals surface area contributed by atoms with Crippen LogP contribution in [0.2, 0.25) is 0 Å². The van der Waals surface area contributed by atoms with Crippen LogP contribution in [0.25, 0.3) is 0 Å². The molecule has 0 unspecified atom stereocenters. The number of halogens is 4. The van der Waals surface area contributed by atoms with Crippen LogP contribution in [0.5, 0.6) is 0 Å². The first-order chi connectivity index (χ1) is 12.4. The minimum Gasteiger partial charge on any atom is -0.338 e. The van der Waals surface area contributed by atoms with E-state index in [0.717, 1.165) is 24.5 Å². The predicted molar refractivity (Wildman–Crippen MR) is 86.0 cm³/mol. The van der Waals surface area contributed by atoms with Crippen molar-refractivity contribution in [2.75, 3.05) is 10.6 Å². The molecule has 0 bridgehead atoms. The number of nitrogens with one attached hydrogen (secondary N) is 2. The van der Waals surface area contributed by atoms with Crippen LogP contribution in [0.15, 0.2) is 48.8 Å². The van der Waals surface area contributed by atoms with Gasteiger partial charge in [-0.1, -0.05) is 0 Å². The van der Waals surface area contributed by atoms with E-state index in [-0.39, 0.29) is 22.9 Å². The van der Waals surface area contributed by atoms with Crippen molar-refractivity contribution in [3.8, 4) is 0 Å². The van der Waals surface area contributed by atoms with Gasteiger partial charge in [-0.25, -0.2) is 27.5 Å². The highest BCUT2D eigenvalue weighted by atomic mass is 19.1. The van der Waals surface area contributed by atoms with E-state index in [1.807, 2.05) is 0 Å². The highest BCUT2D eigenvalue weighted by molar-refractivity contribution is 6.03. The van der Waals surface area contributed by atoms with Crippen molar-refractivity contribution in [2.24, 2.45) is 0 Å². The Bertz CT molecular complexity index is 981. The molecule has 0 aliphatic carbocycles. The Hall–Kier alpha value is -3.49. The van der Waals surface area contributed by atoms with Crippen LogP contribution in [0.1, 0.15) is 10.5 Å². The third-order valence-electron chi connectivity index (χ3n) is 3.27. The molecule has 0 saturated heterocycles. The number of aromatic nitrogens is 2. The monoisotopic (exact) mass is 362 g/mol. The lowest BCUT2D eigenvalue weighted by Gasteiger charge is -2.09. The van der Waals surface area contributed by atoms with E-state index < -0.39 is 29.2 Å². The number of nitrogens with zero attached hydrogens (tertiary/aromatic N) is 2. The standard InChI is InChI=1S/C17H10F4N4O/c18-9-1-3-13(11(20)5-9)24-16-7-15(22-8-23-16)17(26)25-14-4-2-10(19)6-12(14)21/h1-8H,(H,25,26)(H,22,23,24). The number of hydrogen-bond donors (Lipinski definition) is 2. The Kier molecular flexibility index (Phi) is 4.78. The van der Waals surface area contributed by atoms with E-state index in [1.54, 1.807) is 0 Å². The van der Waals surface area contributed by atoms with Gasteiger partial charge in [0.15, 0.2) is 0 Å². The van der Waals surface area contributed by atoms with Crippen molar-refractivity contribution >= 4 is 23.1 Å². The van der Waals surface area contributed by atoms with Gasteiger partial charge in [-0.15, -0.1) is 0 Å². The average molecular weight is 362 g/mol. The number of anilines is 3. The number of carbonyl (C=O) groups is 1. The molecule has 5 nitrogen and oxygen atoms in total. The SMILES string of the molecule is O=C(Nc1ccc(F)cc1F)c1cc(Nc2ccc(F)cc2F)ncn1. The normalized spacial score (nSPS) is 10.5. The smallest absolute Gasteiger partial charge is 0.274 e. The fourth-order valence-electron chi connectivity index (χ4n) is 2.06. The quantitative estimate of drug-likeness (QED) is 0.688. The van der Waals surface area contributed by atoms with Crippen molar-refractivity contribution in [1.29, 1.82) is 0 Å². The number of amides is 1. The van der Waals surface area contributed by atoms with E-state index in [0.29, 0.717) is 12.1 Å². The second-order valence-corrected chi connectivity index (χ2v) is 5.12. The van der Waals surface area contributed by atoms with Gasteiger partial charge in [0.05, 0.1) is 11.4 Å². The Labute approximate surface area is 144 Å². The largest absolute Gasteiger partial charge is 0.338 e. The van der Waals surface area contributed by atoms with Gasteiger partial charge < -0.3 is 10.6 Å². The van der Waals surface area contributed by atoms with Crippen LogP contribution in [0.4, 0.5) is 34.8 Å². The van der Waals surface area contributed by atoms with Gasteiger partial charge in [0.2, 0.25) is 0 Å². The molecule has 26 heavy (non-hydrogen) atoms. The Morgan fingerprint density at radius 3 is 2.04 bits per heavy atom. The lowest BCUT2D eigenvalue weighted by molar-refractivity contribution is 0.102. The van der Waals surface area contributed by atoms with E-state index in [9.17, 15) is 22.4 Å². The van der Waals surface area contributed by atoms with Gasteiger partial charge in [0.25, 0.3) is 5.91 Å². The zero-order valence-corrected chi connectivity index (χ0v) is 12.9. The summed E-state index contributed by atoms with van der Waals surface area (Å²) in [6.07, 6.45) is 1.04. The molecule has 9 heteroatoms. The Morgan fingerprint density at radius 2 is 1.42 bits per heavy atom. The summed E-state index contributed by atoms with van der Waals surface area (Å²) >= 11 is 0. The van der Waals surface area contributed by atoms with Crippen molar-refractivity contribution in [3.05, 3.63) is 77.8 Å². The number of benzene rings is 2. The van der Waals surface area contributed by atoms with Crippen LogP contribution < -0.4 is 10.6 Å². The summed E-state index contributed by atoms with van der Waals surface area (Å²) in [5, 5.41) is 4.82. The average Bonchev–Trinajstić information content (AvgIpc) is 2.60. The van der Waals surface area contributed by atoms with Gasteiger partial charge in [-0.2, -0.15) is 0 Å². The van der Waals surface area contributed by atoms with Gasteiger partial charge in [-0.05, 0) is 24.3 Å². The predicted octanol–water partition coefficient (Wildman–Crippen LogP) is 4.03. The maximum absolute atomic E-state index is 13.7. The zero-order valence-electron chi connectivity index (χ0n) is 12.9. The molecule has 0 fully saturated rings. The molecule has 0 saturated carbocycles. The summed E-state index contributed by atoms with van der Waals surface area (Å²) in [5.74, 6) is -4.02. The summed E-state index contributed by atoms with van der Waals surface area (Å²) in [6, 6.07) is 6.78. The summed E-state index contributed by atoms with van der Waals surface area (Å²) < 4.78 is 53.1. The van der Waals surface area contributed by atoms with E-state index in [1.165, 1.54) is 12.1 Å². The zero-order chi connectivity index (χ0) is 18.7. The Morgan fingerprint density at radius 1 is 0.808 bits per heavy atom. The van der Waals surface area contributed by atoms with Crippen molar-refractivity contribution in [3.63, 3.8) is 0 Å². The molecule has 2 N–H and O–H groups in total. The number of hydrogen-bond acceptors (Lipinski definition) is 4. The molecule has 132 valence electrons. The van der Waals surface area contributed by atoms with Gasteiger partial charge in [0.1, 0.15) is 41.1 Å². The maximum atomic E-state index is 13.7. The number of carbonyl (C=O) groups excluding carboxylic acids is 1. The Balaban J connectivity index is 1.79. The van der Waals surface area contributed by atoms with Crippen LogP contribution in [0.3, 0.4) is 0 Å². The second-order valence-electron chi connectivity index (χ2n) is 5.12. The van der Waals surface area contributed by atoms with Gasteiger partial charge in [0, 0.05) is 18.2 Å². The first-order valence-corrected chi connectivity index (χ1v) is 7.23. The number of rotatable bonds is 4. The molecule has 0 aliphatic heterocycles. The summed E-state index contributed by atoms with van der Waals surface area (Å²) in [4.78, 5) is 19.7. The minimum atomic E-state index is -0.945. The first-order valence-electron chi connectivity index (χ1n) is 7.23. The topological polar surface area (TPSA) is 66.9 Å². The molecule has 3 rings (SSSR count).